The van der Waals surface area contributed by atoms with Gasteiger partial charge >= 0.3 is 0 Å². The monoisotopic (exact) mass is 294 g/mol. The minimum Gasteiger partial charge on any atom is -0.383 e. The minimum atomic E-state index is -0.102. The molecular formula is C15H19ClN2O2. The lowest BCUT2D eigenvalue weighted by Crippen LogP contribution is -2.37. The Labute approximate surface area is 124 Å². The van der Waals surface area contributed by atoms with Gasteiger partial charge in [0.15, 0.2) is 0 Å². The lowest BCUT2D eigenvalue weighted by Gasteiger charge is -2.24. The van der Waals surface area contributed by atoms with Crippen molar-refractivity contribution >= 4 is 17.5 Å². The maximum Gasteiger partial charge on any atom is 0.253 e. The SMILES string of the molecule is COCC(C)N(C)C(=O)c1ccc(C#CCN)c(Cl)c1. The van der Waals surface area contributed by atoms with Crippen LogP contribution in [0.2, 0.25) is 5.02 Å². The van der Waals surface area contributed by atoms with Crippen LogP contribution in [0.1, 0.15) is 22.8 Å². The zero-order chi connectivity index (χ0) is 15.1. The molecular weight excluding hydrogens is 276 g/mol. The highest BCUT2D eigenvalue weighted by atomic mass is 35.5. The predicted molar refractivity (Wildman–Crippen MR) is 80.8 cm³/mol. The number of methoxy groups -OCH3 is 1. The summed E-state index contributed by atoms with van der Waals surface area (Å²) in [5.74, 6) is 5.49. The van der Waals surface area contributed by atoms with E-state index in [0.717, 1.165) is 0 Å². The van der Waals surface area contributed by atoms with Crippen LogP contribution >= 0.6 is 11.6 Å². The highest BCUT2D eigenvalue weighted by Gasteiger charge is 2.18. The van der Waals surface area contributed by atoms with Crippen LogP contribution in [0.15, 0.2) is 18.2 Å². The summed E-state index contributed by atoms with van der Waals surface area (Å²) in [6, 6.07) is 5.06. The minimum absolute atomic E-state index is 0.0111. The normalized spacial score (nSPS) is 11.4. The standard InChI is InChI=1S/C15H19ClN2O2/c1-11(10-20-3)18(2)15(19)13-7-6-12(5-4-8-17)14(16)9-13/h6-7,9,11H,8,10,17H2,1-3H3. The van der Waals surface area contributed by atoms with Gasteiger partial charge in [-0.05, 0) is 25.1 Å². The number of hydrogen-bond acceptors (Lipinski definition) is 3. The molecule has 5 heteroatoms. The van der Waals surface area contributed by atoms with Gasteiger partial charge < -0.3 is 15.4 Å². The molecule has 0 spiro atoms. The van der Waals surface area contributed by atoms with E-state index < -0.39 is 0 Å². The van der Waals surface area contributed by atoms with Gasteiger partial charge in [-0.3, -0.25) is 4.79 Å². The molecule has 1 rings (SSSR count). The summed E-state index contributed by atoms with van der Waals surface area (Å²) in [5.41, 5.74) is 6.51. The summed E-state index contributed by atoms with van der Waals surface area (Å²) in [5, 5.41) is 0.449. The molecule has 1 atom stereocenters. The van der Waals surface area contributed by atoms with Crippen molar-refractivity contribution in [2.24, 2.45) is 5.73 Å². The summed E-state index contributed by atoms with van der Waals surface area (Å²) < 4.78 is 5.05. The second kappa shape index (κ2) is 7.91. The second-order valence-electron chi connectivity index (χ2n) is 4.42. The molecule has 20 heavy (non-hydrogen) atoms. The van der Waals surface area contributed by atoms with Gasteiger partial charge in [0.1, 0.15) is 0 Å². The fourth-order valence-electron chi connectivity index (χ4n) is 1.65. The molecule has 0 aliphatic carbocycles. The lowest BCUT2D eigenvalue weighted by atomic mass is 10.1. The van der Waals surface area contributed by atoms with E-state index >= 15 is 0 Å². The van der Waals surface area contributed by atoms with Gasteiger partial charge in [0.2, 0.25) is 0 Å². The van der Waals surface area contributed by atoms with Gasteiger partial charge in [0, 0.05) is 25.3 Å². The number of benzene rings is 1. The summed E-state index contributed by atoms with van der Waals surface area (Å²) in [6.07, 6.45) is 0. The molecule has 0 saturated carbocycles. The van der Waals surface area contributed by atoms with Crippen molar-refractivity contribution in [1.29, 1.82) is 0 Å². The maximum atomic E-state index is 12.3. The van der Waals surface area contributed by atoms with Gasteiger partial charge in [-0.1, -0.05) is 23.4 Å². The molecule has 0 aliphatic rings. The largest absolute Gasteiger partial charge is 0.383 e. The van der Waals surface area contributed by atoms with Crippen molar-refractivity contribution in [2.45, 2.75) is 13.0 Å². The Morgan fingerprint density at radius 1 is 1.55 bits per heavy atom. The molecule has 2 N–H and O–H groups in total. The van der Waals surface area contributed by atoms with Crippen LogP contribution in [-0.2, 0) is 4.74 Å². The number of nitrogens with two attached hydrogens (primary N) is 1. The zero-order valence-corrected chi connectivity index (χ0v) is 12.7. The van der Waals surface area contributed by atoms with Crippen LogP contribution in [0.3, 0.4) is 0 Å². The highest BCUT2D eigenvalue weighted by Crippen LogP contribution is 2.18. The van der Waals surface area contributed by atoms with Crippen LogP contribution in [0.4, 0.5) is 0 Å². The van der Waals surface area contributed by atoms with E-state index in [1.807, 2.05) is 6.92 Å². The number of carbonyl (C=O) groups is 1. The number of amides is 1. The van der Waals surface area contributed by atoms with Crippen LogP contribution in [0.25, 0.3) is 0 Å². The second-order valence-corrected chi connectivity index (χ2v) is 4.83. The van der Waals surface area contributed by atoms with Gasteiger partial charge in [-0.15, -0.1) is 0 Å². The van der Waals surface area contributed by atoms with Gasteiger partial charge in [-0.2, -0.15) is 0 Å². The smallest absolute Gasteiger partial charge is 0.253 e. The van der Waals surface area contributed by atoms with E-state index in [9.17, 15) is 4.79 Å². The van der Waals surface area contributed by atoms with Crippen molar-refractivity contribution < 1.29 is 9.53 Å². The molecule has 0 aliphatic heterocycles. The summed E-state index contributed by atoms with van der Waals surface area (Å²) >= 11 is 6.12. The molecule has 1 unspecified atom stereocenters. The number of nitrogens with zero attached hydrogens (tertiary/aromatic N) is 1. The molecule has 0 saturated heterocycles. The van der Waals surface area contributed by atoms with E-state index in [4.69, 9.17) is 22.1 Å². The van der Waals surface area contributed by atoms with E-state index in [-0.39, 0.29) is 18.5 Å². The fraction of sp³-hybridized carbons (Fsp3) is 0.400. The Balaban J connectivity index is 2.92. The zero-order valence-electron chi connectivity index (χ0n) is 11.9. The van der Waals surface area contributed by atoms with Crippen molar-refractivity contribution in [3.8, 4) is 11.8 Å². The topological polar surface area (TPSA) is 55.6 Å². The molecule has 0 bridgehead atoms. The highest BCUT2D eigenvalue weighted by molar-refractivity contribution is 6.32. The van der Waals surface area contributed by atoms with Gasteiger partial charge in [-0.25, -0.2) is 0 Å². The Bertz CT molecular complexity index is 534. The third-order valence-corrected chi connectivity index (χ3v) is 3.24. The van der Waals surface area contributed by atoms with Crippen LogP contribution in [-0.4, -0.2) is 44.2 Å². The molecule has 108 valence electrons. The molecule has 0 aromatic heterocycles. The third kappa shape index (κ3) is 4.24. The molecule has 0 fully saturated rings. The van der Waals surface area contributed by atoms with E-state index in [0.29, 0.717) is 22.8 Å². The van der Waals surface area contributed by atoms with Gasteiger partial charge in [0.05, 0.1) is 24.2 Å². The number of likely N-dealkylation sites (N-methyl/N-ethyl adjacent to an activating group) is 1. The average molecular weight is 295 g/mol. The first-order valence-corrected chi connectivity index (χ1v) is 6.63. The number of halogens is 1. The third-order valence-electron chi connectivity index (χ3n) is 2.93. The quantitative estimate of drug-likeness (QED) is 0.861. The molecule has 1 aromatic carbocycles. The Hall–Kier alpha value is -1.54. The van der Waals surface area contributed by atoms with E-state index in [1.54, 1.807) is 37.3 Å². The van der Waals surface area contributed by atoms with Crippen molar-refractivity contribution in [3.63, 3.8) is 0 Å². The number of ether oxygens (including phenoxy) is 1. The first-order chi connectivity index (χ1) is 9.51. The molecule has 0 radical (unpaired) electrons. The Morgan fingerprint density at radius 2 is 2.25 bits per heavy atom. The van der Waals surface area contributed by atoms with E-state index in [2.05, 4.69) is 11.8 Å². The lowest BCUT2D eigenvalue weighted by molar-refractivity contribution is 0.0633. The molecule has 1 aromatic rings. The van der Waals surface area contributed by atoms with Crippen LogP contribution in [0.5, 0.6) is 0 Å². The maximum absolute atomic E-state index is 12.3. The van der Waals surface area contributed by atoms with Crippen LogP contribution < -0.4 is 5.73 Å². The van der Waals surface area contributed by atoms with Crippen molar-refractivity contribution in [3.05, 3.63) is 34.3 Å². The predicted octanol–water partition coefficient (Wildman–Crippen LogP) is 1.76. The van der Waals surface area contributed by atoms with Crippen molar-refractivity contribution in [2.75, 3.05) is 27.3 Å². The van der Waals surface area contributed by atoms with E-state index in [1.165, 1.54) is 0 Å². The first kappa shape index (κ1) is 16.5. The number of hydrogen-bond donors (Lipinski definition) is 1. The Morgan fingerprint density at radius 3 is 2.80 bits per heavy atom. The molecule has 1 amide bonds. The summed E-state index contributed by atoms with van der Waals surface area (Å²) in [6.45, 7) is 2.68. The van der Waals surface area contributed by atoms with Crippen LogP contribution in [0, 0.1) is 11.8 Å². The summed E-state index contributed by atoms with van der Waals surface area (Å²) in [4.78, 5) is 13.9. The van der Waals surface area contributed by atoms with Gasteiger partial charge in [0.25, 0.3) is 5.91 Å². The number of carbonyl (C=O) groups excluding carboxylic acids is 1. The molecule has 0 heterocycles. The molecule has 4 nitrogen and oxygen atoms in total. The summed E-state index contributed by atoms with van der Waals surface area (Å²) in [7, 11) is 3.35. The first-order valence-electron chi connectivity index (χ1n) is 6.25. The fourth-order valence-corrected chi connectivity index (χ4v) is 1.88. The average Bonchev–Trinajstić information content (AvgIpc) is 2.44. The Kier molecular flexibility index (Phi) is 6.53. The number of rotatable bonds is 4. The van der Waals surface area contributed by atoms with Crippen molar-refractivity contribution in [1.82, 2.24) is 4.90 Å².